The molecule has 2 atom stereocenters. The second kappa shape index (κ2) is 6.22. The Kier molecular flexibility index (Phi) is 4.06. The number of piperazine rings is 1. The number of aliphatic hydroxyl groups is 1. The highest BCUT2D eigenvalue weighted by atomic mass is 16.3. The molecule has 1 saturated carbocycles. The van der Waals surface area contributed by atoms with Crippen molar-refractivity contribution in [2.24, 2.45) is 0 Å². The van der Waals surface area contributed by atoms with E-state index in [0.717, 1.165) is 48.9 Å². The number of carbonyl (C=O) groups excluding carboxylic acids is 1. The molecule has 0 spiro atoms. The number of rotatable bonds is 2. The molecule has 1 N–H and O–H groups in total. The van der Waals surface area contributed by atoms with E-state index in [1.54, 1.807) is 0 Å². The minimum Gasteiger partial charge on any atom is -0.451 e. The molecule has 24 heavy (non-hydrogen) atoms. The summed E-state index contributed by atoms with van der Waals surface area (Å²) in [6.45, 7) is 5.07. The molecule has 0 bridgehead atoms. The number of nitrogens with zero attached hydrogens (tertiary/aromatic N) is 2. The Morgan fingerprint density at radius 3 is 2.67 bits per heavy atom. The van der Waals surface area contributed by atoms with Gasteiger partial charge in [-0.3, -0.25) is 9.69 Å². The van der Waals surface area contributed by atoms with E-state index in [1.807, 2.05) is 36.1 Å². The minimum absolute atomic E-state index is 0.0320. The second-order valence-corrected chi connectivity index (χ2v) is 7.05. The quantitative estimate of drug-likeness (QED) is 0.920. The lowest BCUT2D eigenvalue weighted by Gasteiger charge is -2.38. The molecular formula is C19H24N2O3. The molecule has 2 fully saturated rings. The van der Waals surface area contributed by atoms with Gasteiger partial charge in [-0.15, -0.1) is 0 Å². The van der Waals surface area contributed by atoms with Crippen molar-refractivity contribution in [3.05, 3.63) is 35.6 Å². The smallest absolute Gasteiger partial charge is 0.289 e. The number of hydrogen-bond donors (Lipinski definition) is 1. The summed E-state index contributed by atoms with van der Waals surface area (Å²) in [5.74, 6) is 0.389. The number of benzene rings is 1. The van der Waals surface area contributed by atoms with Crippen LogP contribution in [-0.4, -0.2) is 59.1 Å². The molecule has 5 nitrogen and oxygen atoms in total. The van der Waals surface area contributed by atoms with Crippen LogP contribution in [0.5, 0.6) is 0 Å². The van der Waals surface area contributed by atoms with Gasteiger partial charge in [0.15, 0.2) is 5.76 Å². The summed E-state index contributed by atoms with van der Waals surface area (Å²) in [7, 11) is 0. The average Bonchev–Trinajstić information content (AvgIpc) is 3.20. The predicted molar refractivity (Wildman–Crippen MR) is 92.1 cm³/mol. The van der Waals surface area contributed by atoms with E-state index in [9.17, 15) is 9.90 Å². The number of aliphatic hydroxyl groups excluding tert-OH is 1. The summed E-state index contributed by atoms with van der Waals surface area (Å²) in [5.41, 5.74) is 1.92. The van der Waals surface area contributed by atoms with Crippen LogP contribution in [0.15, 0.2) is 28.7 Å². The van der Waals surface area contributed by atoms with E-state index in [0.29, 0.717) is 18.8 Å². The Morgan fingerprint density at radius 1 is 1.17 bits per heavy atom. The van der Waals surface area contributed by atoms with Crippen molar-refractivity contribution < 1.29 is 14.3 Å². The van der Waals surface area contributed by atoms with Crippen LogP contribution in [0, 0.1) is 6.92 Å². The third-order valence-corrected chi connectivity index (χ3v) is 5.40. The summed E-state index contributed by atoms with van der Waals surface area (Å²) in [6.07, 6.45) is 2.87. The van der Waals surface area contributed by atoms with Crippen LogP contribution in [-0.2, 0) is 0 Å². The molecule has 4 rings (SSSR count). The van der Waals surface area contributed by atoms with Crippen LogP contribution in [0.1, 0.15) is 35.4 Å². The normalized spacial score (nSPS) is 25.5. The molecule has 2 aromatic rings. The molecule has 1 aliphatic carbocycles. The predicted octanol–water partition coefficient (Wildman–Crippen LogP) is 2.41. The molecule has 1 aliphatic heterocycles. The number of amides is 1. The zero-order valence-corrected chi connectivity index (χ0v) is 14.1. The van der Waals surface area contributed by atoms with E-state index < -0.39 is 0 Å². The van der Waals surface area contributed by atoms with E-state index in [-0.39, 0.29) is 18.1 Å². The molecular weight excluding hydrogens is 304 g/mol. The first-order valence-electron chi connectivity index (χ1n) is 8.83. The summed E-state index contributed by atoms with van der Waals surface area (Å²) < 4.78 is 5.74. The maximum atomic E-state index is 12.7. The van der Waals surface area contributed by atoms with Crippen LogP contribution in [0.3, 0.4) is 0 Å². The molecule has 0 radical (unpaired) electrons. The first kappa shape index (κ1) is 15.7. The van der Waals surface area contributed by atoms with Gasteiger partial charge in [-0.2, -0.15) is 0 Å². The van der Waals surface area contributed by atoms with Gasteiger partial charge < -0.3 is 14.4 Å². The van der Waals surface area contributed by atoms with Crippen molar-refractivity contribution in [2.45, 2.75) is 38.3 Å². The number of furan rings is 1. The largest absolute Gasteiger partial charge is 0.451 e. The molecule has 1 aromatic carbocycles. The first-order valence-corrected chi connectivity index (χ1v) is 8.83. The number of aryl methyl sites for hydroxylation is 1. The van der Waals surface area contributed by atoms with Crippen molar-refractivity contribution in [1.29, 1.82) is 0 Å². The minimum atomic E-state index is -0.203. The van der Waals surface area contributed by atoms with Crippen molar-refractivity contribution >= 4 is 16.9 Å². The Labute approximate surface area is 141 Å². The van der Waals surface area contributed by atoms with Crippen molar-refractivity contribution in [3.63, 3.8) is 0 Å². The van der Waals surface area contributed by atoms with Gasteiger partial charge in [0.25, 0.3) is 5.91 Å². The zero-order chi connectivity index (χ0) is 16.7. The fourth-order valence-electron chi connectivity index (χ4n) is 4.03. The Hall–Kier alpha value is -1.85. The van der Waals surface area contributed by atoms with Gasteiger partial charge in [-0.25, -0.2) is 0 Å². The van der Waals surface area contributed by atoms with Gasteiger partial charge in [0.2, 0.25) is 0 Å². The van der Waals surface area contributed by atoms with Gasteiger partial charge in [0.1, 0.15) is 5.58 Å². The number of hydrogen-bond acceptors (Lipinski definition) is 4. The van der Waals surface area contributed by atoms with Gasteiger partial charge in [0, 0.05) is 37.6 Å². The summed E-state index contributed by atoms with van der Waals surface area (Å²) in [5, 5.41) is 11.0. The maximum absolute atomic E-state index is 12.7. The topological polar surface area (TPSA) is 56.9 Å². The zero-order valence-electron chi connectivity index (χ0n) is 14.1. The van der Waals surface area contributed by atoms with Crippen LogP contribution in [0.4, 0.5) is 0 Å². The Balaban J connectivity index is 1.43. The summed E-state index contributed by atoms with van der Waals surface area (Å²) in [4.78, 5) is 16.9. The van der Waals surface area contributed by atoms with Crippen LogP contribution >= 0.6 is 0 Å². The lowest BCUT2D eigenvalue weighted by Crippen LogP contribution is -2.53. The third kappa shape index (κ3) is 2.82. The Morgan fingerprint density at radius 2 is 1.96 bits per heavy atom. The average molecular weight is 328 g/mol. The molecule has 1 saturated heterocycles. The highest BCUT2D eigenvalue weighted by Crippen LogP contribution is 2.26. The molecule has 2 aliphatic rings. The van der Waals surface area contributed by atoms with Gasteiger partial charge in [-0.1, -0.05) is 11.6 Å². The van der Waals surface area contributed by atoms with E-state index in [1.165, 1.54) is 0 Å². The van der Waals surface area contributed by atoms with E-state index >= 15 is 0 Å². The van der Waals surface area contributed by atoms with Crippen LogP contribution in [0.25, 0.3) is 11.0 Å². The second-order valence-electron chi connectivity index (χ2n) is 7.05. The summed E-state index contributed by atoms with van der Waals surface area (Å²) in [6, 6.07) is 8.07. The van der Waals surface area contributed by atoms with Crippen LogP contribution < -0.4 is 0 Å². The molecule has 5 heteroatoms. The maximum Gasteiger partial charge on any atom is 0.289 e. The highest BCUT2D eigenvalue weighted by molar-refractivity contribution is 5.96. The van der Waals surface area contributed by atoms with Crippen molar-refractivity contribution in [3.8, 4) is 0 Å². The standard InChI is InChI=1S/C19H24N2O3/c1-13-5-6-17-14(11-13)12-18(24-17)19(23)21-9-7-20(8-10-21)15-3-2-4-16(15)22/h5-6,11-12,15-16,22H,2-4,7-10H2,1H3. The van der Waals surface area contributed by atoms with Crippen molar-refractivity contribution in [1.82, 2.24) is 9.80 Å². The summed E-state index contributed by atoms with van der Waals surface area (Å²) >= 11 is 0. The molecule has 2 heterocycles. The lowest BCUT2D eigenvalue weighted by atomic mass is 10.1. The van der Waals surface area contributed by atoms with Crippen molar-refractivity contribution in [2.75, 3.05) is 26.2 Å². The number of fused-ring (bicyclic) bond motifs is 1. The molecule has 1 aromatic heterocycles. The highest BCUT2D eigenvalue weighted by Gasteiger charge is 2.33. The molecule has 128 valence electrons. The lowest BCUT2D eigenvalue weighted by molar-refractivity contribution is 0.0303. The van der Waals surface area contributed by atoms with Crippen LogP contribution in [0.2, 0.25) is 0 Å². The number of carbonyl (C=O) groups is 1. The SMILES string of the molecule is Cc1ccc2oc(C(=O)N3CCN(C4CCCC4O)CC3)cc2c1. The fraction of sp³-hybridized carbons (Fsp3) is 0.526. The van der Waals surface area contributed by atoms with E-state index in [2.05, 4.69) is 4.90 Å². The van der Waals surface area contributed by atoms with Gasteiger partial charge >= 0.3 is 0 Å². The monoisotopic (exact) mass is 328 g/mol. The van der Waals surface area contributed by atoms with Gasteiger partial charge in [-0.05, 0) is 44.4 Å². The third-order valence-electron chi connectivity index (χ3n) is 5.40. The fourth-order valence-corrected chi connectivity index (χ4v) is 4.03. The van der Waals surface area contributed by atoms with Gasteiger partial charge in [0.05, 0.1) is 6.10 Å². The van der Waals surface area contributed by atoms with E-state index in [4.69, 9.17) is 4.42 Å². The molecule has 2 unspecified atom stereocenters. The molecule has 1 amide bonds. The Bertz CT molecular complexity index is 746. The first-order chi connectivity index (χ1) is 11.6.